The van der Waals surface area contributed by atoms with Gasteiger partial charge in [-0.1, -0.05) is 24.3 Å². The summed E-state index contributed by atoms with van der Waals surface area (Å²) in [6.07, 6.45) is 5.67. The summed E-state index contributed by atoms with van der Waals surface area (Å²) < 4.78 is 19.1. The van der Waals surface area contributed by atoms with Crippen molar-refractivity contribution in [2.75, 3.05) is 13.2 Å². The van der Waals surface area contributed by atoms with Crippen molar-refractivity contribution in [2.24, 2.45) is 0 Å². The molecule has 0 aromatic heterocycles. The molecule has 1 saturated heterocycles. The Labute approximate surface area is 153 Å². The van der Waals surface area contributed by atoms with Crippen LogP contribution in [0.4, 0.5) is 4.39 Å². The summed E-state index contributed by atoms with van der Waals surface area (Å²) in [5, 5.41) is 12.8. The maximum atomic E-state index is 13.5. The second kappa shape index (κ2) is 8.81. The quantitative estimate of drug-likeness (QED) is 0.727. The summed E-state index contributed by atoms with van der Waals surface area (Å²) in [4.78, 5) is 12.3. The van der Waals surface area contributed by atoms with Gasteiger partial charge in [0.15, 0.2) is 11.6 Å². The van der Waals surface area contributed by atoms with E-state index in [1.807, 2.05) is 0 Å². The summed E-state index contributed by atoms with van der Waals surface area (Å²) in [7, 11) is 0. The summed E-state index contributed by atoms with van der Waals surface area (Å²) in [6.45, 7) is 1.49. The zero-order valence-corrected chi connectivity index (χ0v) is 14.7. The Morgan fingerprint density at radius 2 is 2.08 bits per heavy atom. The summed E-state index contributed by atoms with van der Waals surface area (Å²) >= 11 is 0. The molecule has 138 valence electrons. The monoisotopic (exact) mass is 357 g/mol. The van der Waals surface area contributed by atoms with Crippen LogP contribution < -0.4 is 5.32 Å². The number of benzene rings is 2. The highest BCUT2D eigenvalue weighted by atomic mass is 19.1. The largest absolute Gasteiger partial charge is 0.504 e. The minimum Gasteiger partial charge on any atom is -0.504 e. The van der Waals surface area contributed by atoms with Gasteiger partial charge in [-0.25, -0.2) is 4.39 Å². The molecule has 0 radical (unpaired) electrons. The van der Waals surface area contributed by atoms with Crippen molar-refractivity contribution < 1.29 is 19.0 Å². The minimum absolute atomic E-state index is 0.167. The average Bonchev–Trinajstić information content (AvgIpc) is 3.17. The molecule has 1 aliphatic rings. The first kappa shape index (κ1) is 18.4. The van der Waals surface area contributed by atoms with E-state index in [0.717, 1.165) is 38.7 Å². The topological polar surface area (TPSA) is 58.6 Å². The number of phenolic OH excluding ortho intramolecular Hbond substituents is 1. The highest BCUT2D eigenvalue weighted by Crippen LogP contribution is 2.31. The average molecular weight is 357 g/mol. The third kappa shape index (κ3) is 4.61. The zero-order chi connectivity index (χ0) is 18.4. The summed E-state index contributed by atoms with van der Waals surface area (Å²) in [5.74, 6) is -1.25. The molecule has 2 aromatic carbocycles. The van der Waals surface area contributed by atoms with Gasteiger partial charge in [0.2, 0.25) is 0 Å². The highest BCUT2D eigenvalue weighted by Gasteiger charge is 2.15. The molecule has 3 rings (SSSR count). The second-order valence-corrected chi connectivity index (χ2v) is 6.60. The van der Waals surface area contributed by atoms with Gasteiger partial charge < -0.3 is 15.2 Å². The molecule has 1 heterocycles. The number of nitrogens with one attached hydrogen (secondary N) is 1. The smallest absolute Gasteiger partial charge is 0.251 e. The number of hydrogen-bond donors (Lipinski definition) is 2. The molecule has 1 fully saturated rings. The van der Waals surface area contributed by atoms with Crippen molar-refractivity contribution in [3.05, 3.63) is 53.8 Å². The number of amides is 1. The normalized spacial score (nSPS) is 16.6. The van der Waals surface area contributed by atoms with E-state index in [4.69, 9.17) is 4.74 Å². The predicted octanol–water partition coefficient (Wildman–Crippen LogP) is 4.28. The third-order valence-electron chi connectivity index (χ3n) is 4.68. The Morgan fingerprint density at radius 1 is 1.23 bits per heavy atom. The summed E-state index contributed by atoms with van der Waals surface area (Å²) in [6, 6.07) is 11.2. The van der Waals surface area contributed by atoms with Gasteiger partial charge in [-0.3, -0.25) is 4.79 Å². The Bertz CT molecular complexity index is 757. The zero-order valence-electron chi connectivity index (χ0n) is 14.7. The molecule has 1 atom stereocenters. The van der Waals surface area contributed by atoms with E-state index in [1.54, 1.807) is 30.3 Å². The van der Waals surface area contributed by atoms with Crippen LogP contribution in [0.3, 0.4) is 0 Å². The number of hydrogen-bond acceptors (Lipinski definition) is 3. The molecule has 1 aliphatic heterocycles. The van der Waals surface area contributed by atoms with Gasteiger partial charge in [0.25, 0.3) is 5.91 Å². The van der Waals surface area contributed by atoms with Gasteiger partial charge >= 0.3 is 0 Å². The lowest BCUT2D eigenvalue weighted by molar-refractivity contribution is 0.0947. The molecule has 2 aromatic rings. The van der Waals surface area contributed by atoms with Crippen LogP contribution in [0.5, 0.6) is 5.75 Å². The van der Waals surface area contributed by atoms with Crippen LogP contribution in [0, 0.1) is 5.82 Å². The third-order valence-corrected chi connectivity index (χ3v) is 4.68. The van der Waals surface area contributed by atoms with Crippen LogP contribution in [0.1, 0.15) is 42.5 Å². The first-order chi connectivity index (χ1) is 12.6. The van der Waals surface area contributed by atoms with E-state index >= 15 is 0 Å². The van der Waals surface area contributed by atoms with E-state index in [9.17, 15) is 14.3 Å². The molecule has 4 nitrogen and oxygen atoms in total. The number of ether oxygens (including phenoxy) is 1. The standard InChI is InChI=1S/C21H24FNO3/c22-19-11-4-10-18(20(19)24)15-6-3-7-16(14-15)21(25)23-12-2-1-8-17-9-5-13-26-17/h3-4,6-7,10-11,14,17,24H,1-2,5,8-9,12-13H2,(H,23,25). The van der Waals surface area contributed by atoms with Crippen molar-refractivity contribution in [1.29, 1.82) is 0 Å². The van der Waals surface area contributed by atoms with Crippen LogP contribution in [0.25, 0.3) is 11.1 Å². The van der Waals surface area contributed by atoms with Crippen LogP contribution in [-0.4, -0.2) is 30.3 Å². The molecule has 1 amide bonds. The Hall–Kier alpha value is -2.40. The van der Waals surface area contributed by atoms with Crippen molar-refractivity contribution in [1.82, 2.24) is 5.32 Å². The highest BCUT2D eigenvalue weighted by molar-refractivity contribution is 5.95. The van der Waals surface area contributed by atoms with E-state index in [-0.39, 0.29) is 5.91 Å². The number of unbranched alkanes of at least 4 members (excludes halogenated alkanes) is 1. The van der Waals surface area contributed by atoms with Gasteiger partial charge in [0.05, 0.1) is 6.10 Å². The lowest BCUT2D eigenvalue weighted by Gasteiger charge is -2.10. The molecule has 2 N–H and O–H groups in total. The van der Waals surface area contributed by atoms with Gasteiger partial charge in [-0.15, -0.1) is 0 Å². The molecule has 0 saturated carbocycles. The fraction of sp³-hybridized carbons (Fsp3) is 0.381. The molecule has 26 heavy (non-hydrogen) atoms. The first-order valence-electron chi connectivity index (χ1n) is 9.13. The fourth-order valence-corrected chi connectivity index (χ4v) is 3.25. The van der Waals surface area contributed by atoms with Gasteiger partial charge in [-0.2, -0.15) is 0 Å². The molecule has 5 heteroatoms. The lowest BCUT2D eigenvalue weighted by atomic mass is 10.0. The fourth-order valence-electron chi connectivity index (χ4n) is 3.25. The van der Waals surface area contributed by atoms with Gasteiger partial charge in [-0.05, 0) is 55.9 Å². The molecule has 0 bridgehead atoms. The number of rotatable bonds is 7. The maximum absolute atomic E-state index is 13.5. The van der Waals surface area contributed by atoms with Gasteiger partial charge in [0.1, 0.15) is 0 Å². The van der Waals surface area contributed by atoms with E-state index in [1.165, 1.54) is 12.1 Å². The first-order valence-corrected chi connectivity index (χ1v) is 9.13. The van der Waals surface area contributed by atoms with E-state index < -0.39 is 11.6 Å². The molecular weight excluding hydrogens is 333 g/mol. The number of carbonyl (C=O) groups is 1. The molecule has 0 aliphatic carbocycles. The van der Waals surface area contributed by atoms with E-state index in [2.05, 4.69) is 5.32 Å². The van der Waals surface area contributed by atoms with Crippen LogP contribution >= 0.6 is 0 Å². The second-order valence-electron chi connectivity index (χ2n) is 6.60. The number of halogens is 1. The lowest BCUT2D eigenvalue weighted by Crippen LogP contribution is -2.24. The van der Waals surface area contributed by atoms with Crippen molar-refractivity contribution in [3.63, 3.8) is 0 Å². The Balaban J connectivity index is 1.54. The van der Waals surface area contributed by atoms with Crippen LogP contribution in [0.15, 0.2) is 42.5 Å². The van der Waals surface area contributed by atoms with Crippen molar-refractivity contribution in [2.45, 2.75) is 38.2 Å². The van der Waals surface area contributed by atoms with Crippen molar-refractivity contribution >= 4 is 5.91 Å². The molecule has 1 unspecified atom stereocenters. The minimum atomic E-state index is -0.677. The van der Waals surface area contributed by atoms with Crippen LogP contribution in [-0.2, 0) is 4.74 Å². The number of aromatic hydroxyl groups is 1. The Morgan fingerprint density at radius 3 is 2.88 bits per heavy atom. The van der Waals surface area contributed by atoms with E-state index in [0.29, 0.717) is 29.3 Å². The maximum Gasteiger partial charge on any atom is 0.251 e. The predicted molar refractivity (Wildman–Crippen MR) is 98.7 cm³/mol. The number of phenols is 1. The SMILES string of the molecule is O=C(NCCCCC1CCCO1)c1cccc(-c2cccc(F)c2O)c1. The molecule has 0 spiro atoms. The van der Waals surface area contributed by atoms with Crippen LogP contribution in [0.2, 0.25) is 0 Å². The summed E-state index contributed by atoms with van der Waals surface area (Å²) in [5.41, 5.74) is 1.47. The number of para-hydroxylation sites is 1. The Kier molecular flexibility index (Phi) is 6.23. The molecular formula is C21H24FNO3. The van der Waals surface area contributed by atoms with Crippen molar-refractivity contribution in [3.8, 4) is 16.9 Å². The van der Waals surface area contributed by atoms with Gasteiger partial charge in [0, 0.05) is 24.3 Å². The number of carbonyl (C=O) groups excluding carboxylic acids is 1.